The van der Waals surface area contributed by atoms with E-state index in [9.17, 15) is 18.0 Å². The largest absolute Gasteiger partial charge is 0.478 e. The van der Waals surface area contributed by atoms with Gasteiger partial charge in [0.2, 0.25) is 0 Å². The van der Waals surface area contributed by atoms with Crippen LogP contribution in [0, 0.1) is 5.41 Å². The Balaban J connectivity index is 3.18. The molecule has 112 valence electrons. The Labute approximate surface area is 115 Å². The molecule has 0 fully saturated rings. The van der Waals surface area contributed by atoms with Gasteiger partial charge in [0.1, 0.15) is 0 Å². The Morgan fingerprint density at radius 3 is 2.20 bits per heavy atom. The number of benzene rings is 1. The molecule has 0 heterocycles. The van der Waals surface area contributed by atoms with Crippen molar-refractivity contribution < 1.29 is 23.1 Å². The van der Waals surface area contributed by atoms with Crippen LogP contribution in [-0.2, 0) is 6.18 Å². The van der Waals surface area contributed by atoms with Gasteiger partial charge >= 0.3 is 12.1 Å². The van der Waals surface area contributed by atoms with Gasteiger partial charge in [-0.05, 0) is 30.5 Å². The summed E-state index contributed by atoms with van der Waals surface area (Å²) in [4.78, 5) is 11.1. The number of rotatable bonds is 3. The van der Waals surface area contributed by atoms with E-state index in [4.69, 9.17) is 5.11 Å². The molecule has 0 spiro atoms. The van der Waals surface area contributed by atoms with Crippen LogP contribution in [0.3, 0.4) is 0 Å². The molecule has 0 aliphatic rings. The molecule has 1 atom stereocenters. The monoisotopic (exact) mass is 289 g/mol. The summed E-state index contributed by atoms with van der Waals surface area (Å²) in [5, 5.41) is 12.0. The molecule has 1 aromatic rings. The van der Waals surface area contributed by atoms with Gasteiger partial charge < -0.3 is 10.4 Å². The van der Waals surface area contributed by atoms with Crippen molar-refractivity contribution in [3.63, 3.8) is 0 Å². The van der Waals surface area contributed by atoms with E-state index in [1.54, 1.807) is 0 Å². The van der Waals surface area contributed by atoms with E-state index in [0.717, 1.165) is 12.1 Å². The first kappa shape index (κ1) is 16.3. The maximum absolute atomic E-state index is 12.6. The Morgan fingerprint density at radius 1 is 1.25 bits per heavy atom. The fourth-order valence-electron chi connectivity index (χ4n) is 1.47. The summed E-state index contributed by atoms with van der Waals surface area (Å²) in [6.45, 7) is 7.71. The molecular weight excluding hydrogens is 271 g/mol. The van der Waals surface area contributed by atoms with Crippen LogP contribution in [-0.4, -0.2) is 17.1 Å². The van der Waals surface area contributed by atoms with E-state index in [-0.39, 0.29) is 22.7 Å². The standard InChI is InChI=1S/C14H18F3NO2/c1-8(13(2,3)4)18-11-6-5-9(14(15,16)17)7-10(11)12(19)20/h5-8,18H,1-4H3,(H,19,20). The van der Waals surface area contributed by atoms with Crippen LogP contribution in [0.2, 0.25) is 0 Å². The molecule has 0 aliphatic heterocycles. The number of carboxylic acids is 1. The van der Waals surface area contributed by atoms with E-state index in [1.807, 2.05) is 27.7 Å². The molecule has 2 N–H and O–H groups in total. The molecule has 6 heteroatoms. The van der Waals surface area contributed by atoms with Gasteiger partial charge in [-0.1, -0.05) is 20.8 Å². The quantitative estimate of drug-likeness (QED) is 0.874. The highest BCUT2D eigenvalue weighted by Crippen LogP contribution is 2.33. The summed E-state index contributed by atoms with van der Waals surface area (Å²) in [6.07, 6.45) is -4.56. The van der Waals surface area contributed by atoms with E-state index in [2.05, 4.69) is 5.32 Å². The van der Waals surface area contributed by atoms with Gasteiger partial charge in [-0.2, -0.15) is 13.2 Å². The third-order valence-corrected chi connectivity index (χ3v) is 3.25. The summed E-state index contributed by atoms with van der Waals surface area (Å²) in [7, 11) is 0. The Kier molecular flexibility index (Phi) is 4.36. The Hall–Kier alpha value is -1.72. The predicted molar refractivity (Wildman–Crippen MR) is 70.9 cm³/mol. The summed E-state index contributed by atoms with van der Waals surface area (Å²) in [6, 6.07) is 2.59. The number of hydrogen-bond donors (Lipinski definition) is 2. The smallest absolute Gasteiger partial charge is 0.416 e. The second kappa shape index (κ2) is 5.34. The maximum atomic E-state index is 12.6. The van der Waals surface area contributed by atoms with Gasteiger partial charge in [-0.3, -0.25) is 0 Å². The fourth-order valence-corrected chi connectivity index (χ4v) is 1.47. The average Bonchev–Trinajstić information content (AvgIpc) is 2.26. The molecule has 0 aromatic heterocycles. The van der Waals surface area contributed by atoms with Crippen molar-refractivity contribution in [3.05, 3.63) is 29.3 Å². The molecule has 20 heavy (non-hydrogen) atoms. The van der Waals surface area contributed by atoms with Crippen molar-refractivity contribution in [2.75, 3.05) is 5.32 Å². The van der Waals surface area contributed by atoms with Gasteiger partial charge in [-0.15, -0.1) is 0 Å². The second-order valence-electron chi connectivity index (χ2n) is 5.80. The van der Waals surface area contributed by atoms with Gasteiger partial charge in [0.25, 0.3) is 0 Å². The van der Waals surface area contributed by atoms with Crippen LogP contribution in [0.1, 0.15) is 43.6 Å². The minimum absolute atomic E-state index is 0.0997. The lowest BCUT2D eigenvalue weighted by molar-refractivity contribution is -0.137. The lowest BCUT2D eigenvalue weighted by Crippen LogP contribution is -2.31. The van der Waals surface area contributed by atoms with Crippen LogP contribution in [0.4, 0.5) is 18.9 Å². The van der Waals surface area contributed by atoms with Crippen LogP contribution >= 0.6 is 0 Å². The highest BCUT2D eigenvalue weighted by atomic mass is 19.4. The van der Waals surface area contributed by atoms with Gasteiger partial charge in [0, 0.05) is 11.7 Å². The highest BCUT2D eigenvalue weighted by Gasteiger charge is 2.32. The molecule has 0 saturated heterocycles. The van der Waals surface area contributed by atoms with E-state index >= 15 is 0 Å². The van der Waals surface area contributed by atoms with Crippen molar-refractivity contribution in [2.24, 2.45) is 5.41 Å². The molecule has 0 aliphatic carbocycles. The first-order valence-corrected chi connectivity index (χ1v) is 6.14. The number of nitrogens with one attached hydrogen (secondary N) is 1. The highest BCUT2D eigenvalue weighted by molar-refractivity contribution is 5.94. The first-order valence-electron chi connectivity index (χ1n) is 6.14. The van der Waals surface area contributed by atoms with Crippen molar-refractivity contribution in [3.8, 4) is 0 Å². The molecular formula is C14H18F3NO2. The zero-order valence-corrected chi connectivity index (χ0v) is 11.8. The number of aromatic carboxylic acids is 1. The number of alkyl halides is 3. The second-order valence-corrected chi connectivity index (χ2v) is 5.80. The number of halogens is 3. The summed E-state index contributed by atoms with van der Waals surface area (Å²) < 4.78 is 37.8. The minimum atomic E-state index is -4.56. The Bertz CT molecular complexity index is 504. The molecule has 3 nitrogen and oxygen atoms in total. The molecule has 0 amide bonds. The third kappa shape index (κ3) is 3.88. The van der Waals surface area contributed by atoms with Crippen molar-refractivity contribution in [1.29, 1.82) is 0 Å². The normalized spacial score (nSPS) is 13.9. The molecule has 0 radical (unpaired) electrons. The number of carbonyl (C=O) groups is 1. The Morgan fingerprint density at radius 2 is 1.80 bits per heavy atom. The number of carboxylic acid groups (broad SMARTS) is 1. The van der Waals surface area contributed by atoms with E-state index in [1.165, 1.54) is 0 Å². The molecule has 1 unspecified atom stereocenters. The molecule has 1 aromatic carbocycles. The summed E-state index contributed by atoms with van der Waals surface area (Å²) in [5.74, 6) is -1.39. The van der Waals surface area contributed by atoms with Crippen LogP contribution in [0.25, 0.3) is 0 Å². The van der Waals surface area contributed by atoms with Crippen molar-refractivity contribution in [1.82, 2.24) is 0 Å². The fraction of sp³-hybridized carbons (Fsp3) is 0.500. The van der Waals surface area contributed by atoms with Crippen LogP contribution in [0.15, 0.2) is 18.2 Å². The molecule has 1 rings (SSSR count). The first-order chi connectivity index (χ1) is 8.93. The number of hydrogen-bond acceptors (Lipinski definition) is 2. The molecule has 0 bridgehead atoms. The average molecular weight is 289 g/mol. The SMILES string of the molecule is CC(Nc1ccc(C(F)(F)F)cc1C(=O)O)C(C)(C)C. The van der Waals surface area contributed by atoms with Crippen LogP contribution < -0.4 is 5.32 Å². The van der Waals surface area contributed by atoms with E-state index in [0.29, 0.717) is 6.07 Å². The topological polar surface area (TPSA) is 49.3 Å². The maximum Gasteiger partial charge on any atom is 0.416 e. The van der Waals surface area contributed by atoms with Crippen molar-refractivity contribution >= 4 is 11.7 Å². The van der Waals surface area contributed by atoms with Crippen molar-refractivity contribution in [2.45, 2.75) is 39.9 Å². The minimum Gasteiger partial charge on any atom is -0.478 e. The third-order valence-electron chi connectivity index (χ3n) is 3.25. The van der Waals surface area contributed by atoms with Gasteiger partial charge in [0.15, 0.2) is 0 Å². The zero-order valence-electron chi connectivity index (χ0n) is 11.8. The predicted octanol–water partition coefficient (Wildman–Crippen LogP) is 4.25. The van der Waals surface area contributed by atoms with Crippen LogP contribution in [0.5, 0.6) is 0 Å². The lowest BCUT2D eigenvalue weighted by atomic mass is 9.87. The molecule has 0 saturated carbocycles. The van der Waals surface area contributed by atoms with Gasteiger partial charge in [0.05, 0.1) is 11.1 Å². The number of anilines is 1. The lowest BCUT2D eigenvalue weighted by Gasteiger charge is -2.29. The summed E-state index contributed by atoms with van der Waals surface area (Å²) in [5.41, 5.74) is -1.31. The summed E-state index contributed by atoms with van der Waals surface area (Å²) >= 11 is 0. The van der Waals surface area contributed by atoms with E-state index < -0.39 is 17.7 Å². The zero-order chi connectivity index (χ0) is 15.7. The van der Waals surface area contributed by atoms with Gasteiger partial charge in [-0.25, -0.2) is 4.79 Å².